The number of rotatable bonds is 5. The minimum absolute atomic E-state index is 0.0599. The fraction of sp³-hybridized carbons (Fsp3) is 0.400. The third kappa shape index (κ3) is 5.24. The third-order valence-corrected chi connectivity index (χ3v) is 7.06. The number of halogens is 7. The fourth-order valence-corrected chi connectivity index (χ4v) is 5.33. The number of ether oxygens (including phenoxy) is 1. The van der Waals surface area contributed by atoms with Crippen LogP contribution in [-0.4, -0.2) is 44.3 Å². The Morgan fingerprint density at radius 2 is 1.53 bits per heavy atom. The van der Waals surface area contributed by atoms with Crippen LogP contribution in [-0.2, 0) is 28.5 Å². The van der Waals surface area contributed by atoms with E-state index < -0.39 is 54.0 Å². The normalized spacial score (nSPS) is 24.1. The number of piperidine rings is 1. The molecule has 4 unspecified atom stereocenters. The summed E-state index contributed by atoms with van der Waals surface area (Å²) < 4.78 is 101. The van der Waals surface area contributed by atoms with E-state index in [0.29, 0.717) is 24.1 Å². The van der Waals surface area contributed by atoms with Gasteiger partial charge in [0.15, 0.2) is 0 Å². The first-order valence-electron chi connectivity index (χ1n) is 11.7. The Balaban J connectivity index is 1.44. The Hall–Kier alpha value is -3.48. The van der Waals surface area contributed by atoms with Crippen LogP contribution in [0.2, 0.25) is 0 Å². The number of amides is 1. The highest BCUT2D eigenvalue weighted by Crippen LogP contribution is 2.44. The summed E-state index contributed by atoms with van der Waals surface area (Å²) in [6, 6.07) is 6.24. The van der Waals surface area contributed by atoms with Crippen LogP contribution in [0.5, 0.6) is 0 Å². The molecule has 0 spiro atoms. The van der Waals surface area contributed by atoms with Crippen molar-refractivity contribution < 1.29 is 40.3 Å². The fourth-order valence-electron chi connectivity index (χ4n) is 5.33. The highest BCUT2D eigenvalue weighted by atomic mass is 19.4. The molecule has 6 nitrogen and oxygen atoms in total. The molecule has 2 saturated heterocycles. The van der Waals surface area contributed by atoms with E-state index in [1.807, 2.05) is 0 Å². The predicted molar refractivity (Wildman–Crippen MR) is 118 cm³/mol. The van der Waals surface area contributed by atoms with Crippen LogP contribution in [0.25, 0.3) is 0 Å². The van der Waals surface area contributed by atoms with Gasteiger partial charge in [0.1, 0.15) is 18.5 Å². The number of fused-ring (bicyclic) bond motifs is 1. The summed E-state index contributed by atoms with van der Waals surface area (Å²) in [4.78, 5) is 14.7. The van der Waals surface area contributed by atoms with Crippen LogP contribution < -0.4 is 0 Å². The van der Waals surface area contributed by atoms with E-state index in [2.05, 4.69) is 10.2 Å². The molecule has 0 N–H and O–H groups in total. The zero-order chi connectivity index (χ0) is 27.2. The van der Waals surface area contributed by atoms with Gasteiger partial charge in [-0.1, -0.05) is 12.1 Å². The highest BCUT2D eigenvalue weighted by Gasteiger charge is 2.49. The molecule has 0 radical (unpaired) electrons. The molecule has 3 heterocycles. The number of alkyl halides is 6. The molecule has 1 aromatic heterocycles. The van der Waals surface area contributed by atoms with E-state index in [4.69, 9.17) is 4.74 Å². The maximum atomic E-state index is 13.7. The van der Waals surface area contributed by atoms with Crippen LogP contribution in [0, 0.1) is 5.82 Å². The summed E-state index contributed by atoms with van der Waals surface area (Å²) in [5, 5.41) is 7.57. The van der Waals surface area contributed by atoms with Crippen molar-refractivity contribution in [1.82, 2.24) is 19.7 Å². The van der Waals surface area contributed by atoms with E-state index in [1.165, 1.54) is 24.8 Å². The topological polar surface area (TPSA) is 60.3 Å². The lowest BCUT2D eigenvalue weighted by Crippen LogP contribution is -2.44. The summed E-state index contributed by atoms with van der Waals surface area (Å²) >= 11 is 0. The smallest absolute Gasteiger partial charge is 0.371 e. The van der Waals surface area contributed by atoms with Crippen molar-refractivity contribution in [3.63, 3.8) is 0 Å². The molecular formula is C25H21F7N4O2. The van der Waals surface area contributed by atoms with Crippen LogP contribution >= 0.6 is 0 Å². The first kappa shape index (κ1) is 26.1. The van der Waals surface area contributed by atoms with Crippen molar-refractivity contribution in [2.75, 3.05) is 6.54 Å². The van der Waals surface area contributed by atoms with Gasteiger partial charge in [0.2, 0.25) is 5.91 Å². The van der Waals surface area contributed by atoms with E-state index in [9.17, 15) is 35.5 Å². The molecule has 5 rings (SSSR count). The zero-order valence-corrected chi connectivity index (χ0v) is 19.6. The van der Waals surface area contributed by atoms with Crippen molar-refractivity contribution in [2.24, 2.45) is 0 Å². The van der Waals surface area contributed by atoms with Gasteiger partial charge in [-0.2, -0.15) is 26.3 Å². The van der Waals surface area contributed by atoms with Gasteiger partial charge >= 0.3 is 12.4 Å². The summed E-state index contributed by atoms with van der Waals surface area (Å²) in [5.41, 5.74) is -2.53. The largest absolute Gasteiger partial charge is 0.416 e. The highest BCUT2D eigenvalue weighted by molar-refractivity contribution is 5.78. The van der Waals surface area contributed by atoms with Gasteiger partial charge in [0.05, 0.1) is 23.8 Å². The van der Waals surface area contributed by atoms with E-state index in [-0.39, 0.29) is 36.5 Å². The van der Waals surface area contributed by atoms with Crippen molar-refractivity contribution >= 4 is 5.91 Å². The lowest BCUT2D eigenvalue weighted by atomic mass is 9.84. The summed E-state index contributed by atoms with van der Waals surface area (Å²) in [6.07, 6.45) is -7.08. The molecule has 0 bridgehead atoms. The number of benzene rings is 2. The number of carbonyl (C=O) groups is 1. The Bertz CT molecular complexity index is 1260. The van der Waals surface area contributed by atoms with Gasteiger partial charge in [-0.05, 0) is 47.9 Å². The monoisotopic (exact) mass is 542 g/mol. The second kappa shape index (κ2) is 9.68. The molecule has 1 amide bonds. The Morgan fingerprint density at radius 3 is 2.11 bits per heavy atom. The van der Waals surface area contributed by atoms with Crippen molar-refractivity contribution in [3.05, 3.63) is 83.2 Å². The molecule has 2 aliphatic rings. The molecule has 0 aliphatic carbocycles. The quantitative estimate of drug-likeness (QED) is 0.407. The van der Waals surface area contributed by atoms with Gasteiger partial charge in [-0.15, -0.1) is 10.2 Å². The van der Waals surface area contributed by atoms with Gasteiger partial charge in [0.25, 0.3) is 0 Å². The molecule has 38 heavy (non-hydrogen) atoms. The van der Waals surface area contributed by atoms with Gasteiger partial charge in [-0.3, -0.25) is 4.79 Å². The molecule has 2 aliphatic heterocycles. The number of nitrogens with zero attached hydrogens (tertiary/aromatic N) is 4. The lowest BCUT2D eigenvalue weighted by molar-refractivity contribution is -0.143. The average molecular weight is 542 g/mol. The van der Waals surface area contributed by atoms with Gasteiger partial charge in [0, 0.05) is 31.0 Å². The van der Waals surface area contributed by atoms with Crippen LogP contribution in [0.15, 0.2) is 55.1 Å². The maximum Gasteiger partial charge on any atom is 0.416 e. The third-order valence-electron chi connectivity index (χ3n) is 7.06. The number of carbonyl (C=O) groups excluding carboxylic acids is 1. The Kier molecular flexibility index (Phi) is 6.66. The molecule has 13 heteroatoms. The second-order valence-electron chi connectivity index (χ2n) is 9.46. The van der Waals surface area contributed by atoms with E-state index in [1.54, 1.807) is 21.6 Å². The molecule has 4 atom stereocenters. The minimum atomic E-state index is -4.98. The van der Waals surface area contributed by atoms with Crippen LogP contribution in [0.1, 0.15) is 47.1 Å². The second-order valence-corrected chi connectivity index (χ2v) is 9.46. The Labute approximate surface area is 212 Å². The van der Waals surface area contributed by atoms with Crippen molar-refractivity contribution in [1.29, 1.82) is 0 Å². The average Bonchev–Trinajstić information content (AvgIpc) is 3.51. The number of aromatic nitrogens is 3. The zero-order valence-electron chi connectivity index (χ0n) is 19.6. The van der Waals surface area contributed by atoms with E-state index in [0.717, 1.165) is 0 Å². The van der Waals surface area contributed by atoms with Crippen molar-refractivity contribution in [3.8, 4) is 0 Å². The first-order chi connectivity index (χ1) is 17.9. The summed E-state index contributed by atoms with van der Waals surface area (Å²) in [6.45, 7) is -0.454. The summed E-state index contributed by atoms with van der Waals surface area (Å²) in [5.74, 6) is -1.16. The van der Waals surface area contributed by atoms with Gasteiger partial charge in [-0.25, -0.2) is 4.39 Å². The van der Waals surface area contributed by atoms with Gasteiger partial charge < -0.3 is 14.2 Å². The number of hydrogen-bond acceptors (Lipinski definition) is 4. The molecule has 2 aromatic carbocycles. The molecule has 2 fully saturated rings. The summed E-state index contributed by atoms with van der Waals surface area (Å²) in [7, 11) is 0. The SMILES string of the molecule is O=C1CC(n2cnnc2)CC2C(c3ccc(F)cc3)C(OCc3cc(C(F)(F)F)cc(C(F)(F)F)c3)CN12. The lowest BCUT2D eigenvalue weighted by Gasteiger charge is -2.37. The van der Waals surface area contributed by atoms with Crippen molar-refractivity contribution in [2.45, 2.75) is 55.9 Å². The number of hydrogen-bond donors (Lipinski definition) is 0. The predicted octanol–water partition coefficient (Wildman–Crippen LogP) is 5.37. The Morgan fingerprint density at radius 1 is 0.921 bits per heavy atom. The molecular weight excluding hydrogens is 521 g/mol. The van der Waals surface area contributed by atoms with Crippen LogP contribution in [0.4, 0.5) is 30.7 Å². The maximum absolute atomic E-state index is 13.7. The first-order valence-corrected chi connectivity index (χ1v) is 11.7. The minimum Gasteiger partial charge on any atom is -0.371 e. The molecule has 202 valence electrons. The van der Waals surface area contributed by atoms with E-state index >= 15 is 0 Å². The molecule has 3 aromatic rings. The van der Waals surface area contributed by atoms with Crippen LogP contribution in [0.3, 0.4) is 0 Å². The standard InChI is InChI=1S/C25H21F7N4O2/c26-18-3-1-15(2-4-18)23-20-8-19(35-12-33-34-13-35)9-22(37)36(20)10-21(23)38-11-14-5-16(24(27,28)29)7-17(6-14)25(30,31)32/h1-7,12-13,19-21,23H,8-11H2. The molecule has 0 saturated carbocycles.